The van der Waals surface area contributed by atoms with Gasteiger partial charge in [0, 0.05) is 24.6 Å². The molecule has 1 rings (SSSR count). The van der Waals surface area contributed by atoms with Gasteiger partial charge in [-0.05, 0) is 20.8 Å². The summed E-state index contributed by atoms with van der Waals surface area (Å²) in [6.45, 7) is 6.27. The van der Waals surface area contributed by atoms with E-state index in [0.717, 1.165) is 0 Å². The second-order valence-electron chi connectivity index (χ2n) is 4.69. The number of halogens is 1. The maximum Gasteiger partial charge on any atom is 0.410 e. The summed E-state index contributed by atoms with van der Waals surface area (Å²) in [7, 11) is 0. The van der Waals surface area contributed by atoms with Crippen molar-refractivity contribution in [3.63, 3.8) is 0 Å². The van der Waals surface area contributed by atoms with Crippen molar-refractivity contribution in [3.8, 4) is 0 Å². The highest BCUT2D eigenvalue weighted by molar-refractivity contribution is 6.61. The Morgan fingerprint density at radius 2 is 2.00 bits per heavy atom. The standard InChI is InChI=1S/C10H16ClNO4/c1-10(2,3)16-9(14)12-5-4-7(6-12)15-8(11)13/h7H,4-6H2,1-3H3/t7-/m1/s1. The van der Waals surface area contributed by atoms with Gasteiger partial charge in [0.1, 0.15) is 11.7 Å². The molecule has 0 spiro atoms. The predicted molar refractivity (Wildman–Crippen MR) is 58.5 cm³/mol. The van der Waals surface area contributed by atoms with Crippen LogP contribution in [-0.4, -0.2) is 41.2 Å². The van der Waals surface area contributed by atoms with E-state index in [4.69, 9.17) is 21.1 Å². The monoisotopic (exact) mass is 249 g/mol. The van der Waals surface area contributed by atoms with E-state index in [2.05, 4.69) is 0 Å². The molecule has 0 aromatic heterocycles. The Labute approximate surface area is 99.6 Å². The maximum atomic E-state index is 11.6. The first kappa shape index (κ1) is 13.1. The summed E-state index contributed by atoms with van der Waals surface area (Å²) in [6.07, 6.45) is -0.115. The van der Waals surface area contributed by atoms with E-state index in [1.165, 1.54) is 4.90 Å². The summed E-state index contributed by atoms with van der Waals surface area (Å²) in [5.74, 6) is 0. The van der Waals surface area contributed by atoms with Crippen molar-refractivity contribution >= 4 is 23.1 Å². The fourth-order valence-electron chi connectivity index (χ4n) is 1.45. The van der Waals surface area contributed by atoms with Gasteiger partial charge in [0.05, 0.1) is 6.54 Å². The van der Waals surface area contributed by atoms with E-state index in [-0.39, 0.29) is 12.2 Å². The van der Waals surface area contributed by atoms with Crippen LogP contribution in [0.5, 0.6) is 0 Å². The molecule has 0 aromatic rings. The lowest BCUT2D eigenvalue weighted by Crippen LogP contribution is -2.36. The molecule has 1 amide bonds. The van der Waals surface area contributed by atoms with Gasteiger partial charge in [-0.3, -0.25) is 0 Å². The molecule has 1 aliphatic heterocycles. The maximum absolute atomic E-state index is 11.6. The molecule has 0 bridgehead atoms. The molecular formula is C10H16ClNO4. The zero-order chi connectivity index (χ0) is 12.3. The van der Waals surface area contributed by atoms with Crippen LogP contribution in [-0.2, 0) is 9.47 Å². The van der Waals surface area contributed by atoms with E-state index in [1.807, 2.05) is 0 Å². The molecule has 6 heteroatoms. The van der Waals surface area contributed by atoms with Crippen LogP contribution in [0.15, 0.2) is 0 Å². The van der Waals surface area contributed by atoms with Crippen LogP contribution in [0.2, 0.25) is 0 Å². The van der Waals surface area contributed by atoms with E-state index in [1.54, 1.807) is 20.8 Å². The first-order valence-corrected chi connectivity index (χ1v) is 5.50. The average Bonchev–Trinajstić information content (AvgIpc) is 2.48. The molecular weight excluding hydrogens is 234 g/mol. The Hall–Kier alpha value is -0.970. The fraction of sp³-hybridized carbons (Fsp3) is 0.800. The zero-order valence-electron chi connectivity index (χ0n) is 9.66. The van der Waals surface area contributed by atoms with Crippen molar-refractivity contribution < 1.29 is 19.1 Å². The second-order valence-corrected chi connectivity index (χ2v) is 5.00. The van der Waals surface area contributed by atoms with Crippen molar-refractivity contribution in [2.75, 3.05) is 13.1 Å². The Bertz CT molecular complexity index is 287. The van der Waals surface area contributed by atoms with Crippen molar-refractivity contribution in [1.82, 2.24) is 4.90 Å². The molecule has 0 radical (unpaired) electrons. The molecule has 0 unspecified atom stereocenters. The molecule has 1 aliphatic rings. The Balaban J connectivity index is 2.41. The predicted octanol–water partition coefficient (Wildman–Crippen LogP) is 2.37. The van der Waals surface area contributed by atoms with Crippen LogP contribution in [0, 0.1) is 0 Å². The van der Waals surface area contributed by atoms with Gasteiger partial charge in [-0.1, -0.05) is 0 Å². The van der Waals surface area contributed by atoms with Crippen LogP contribution in [0.3, 0.4) is 0 Å². The van der Waals surface area contributed by atoms with Gasteiger partial charge in [-0.25, -0.2) is 9.59 Å². The average molecular weight is 250 g/mol. The molecule has 0 aromatic carbocycles. The lowest BCUT2D eigenvalue weighted by atomic mass is 10.2. The second kappa shape index (κ2) is 4.91. The zero-order valence-corrected chi connectivity index (χ0v) is 10.4. The molecule has 16 heavy (non-hydrogen) atoms. The minimum Gasteiger partial charge on any atom is -0.448 e. The van der Waals surface area contributed by atoms with E-state index >= 15 is 0 Å². The fourth-order valence-corrected chi connectivity index (χ4v) is 1.57. The highest BCUT2D eigenvalue weighted by atomic mass is 35.5. The van der Waals surface area contributed by atoms with Crippen LogP contribution < -0.4 is 0 Å². The normalized spacial score (nSPS) is 20.8. The number of hydrogen-bond acceptors (Lipinski definition) is 4. The van der Waals surface area contributed by atoms with Crippen LogP contribution in [0.25, 0.3) is 0 Å². The van der Waals surface area contributed by atoms with Gasteiger partial charge in [0.15, 0.2) is 0 Å². The number of carbonyl (C=O) groups excluding carboxylic acids is 2. The van der Waals surface area contributed by atoms with E-state index < -0.39 is 11.0 Å². The number of amides is 1. The lowest BCUT2D eigenvalue weighted by molar-refractivity contribution is 0.0266. The number of hydrogen-bond donors (Lipinski definition) is 0. The van der Waals surface area contributed by atoms with Gasteiger partial charge in [-0.15, -0.1) is 0 Å². The topological polar surface area (TPSA) is 55.8 Å². The Morgan fingerprint density at radius 3 is 2.50 bits per heavy atom. The molecule has 1 saturated heterocycles. The third-order valence-corrected chi connectivity index (χ3v) is 2.15. The van der Waals surface area contributed by atoms with Gasteiger partial charge < -0.3 is 14.4 Å². The molecule has 5 nitrogen and oxygen atoms in total. The van der Waals surface area contributed by atoms with Gasteiger partial charge in [0.25, 0.3) is 0 Å². The molecule has 1 atom stereocenters. The number of carbonyl (C=O) groups is 2. The SMILES string of the molecule is CC(C)(C)OC(=O)N1CC[C@@H](OC(=O)Cl)C1. The van der Waals surface area contributed by atoms with E-state index in [0.29, 0.717) is 19.5 Å². The summed E-state index contributed by atoms with van der Waals surface area (Å²) in [5.41, 5.74) is -1.35. The minimum absolute atomic E-state index is 0.322. The largest absolute Gasteiger partial charge is 0.448 e. The number of rotatable bonds is 1. The number of ether oxygens (including phenoxy) is 2. The van der Waals surface area contributed by atoms with Crippen molar-refractivity contribution in [2.45, 2.75) is 38.9 Å². The molecule has 0 aliphatic carbocycles. The van der Waals surface area contributed by atoms with Crippen LogP contribution in [0.4, 0.5) is 9.59 Å². The van der Waals surface area contributed by atoms with Gasteiger partial charge in [-0.2, -0.15) is 0 Å². The van der Waals surface area contributed by atoms with Crippen molar-refractivity contribution in [2.24, 2.45) is 0 Å². The minimum atomic E-state index is -0.837. The molecule has 0 saturated carbocycles. The third kappa shape index (κ3) is 4.26. The van der Waals surface area contributed by atoms with Gasteiger partial charge in [0.2, 0.25) is 0 Å². The lowest BCUT2D eigenvalue weighted by Gasteiger charge is -2.24. The van der Waals surface area contributed by atoms with Crippen molar-refractivity contribution in [1.29, 1.82) is 0 Å². The summed E-state index contributed by atoms with van der Waals surface area (Å²) in [6, 6.07) is 0. The summed E-state index contributed by atoms with van der Waals surface area (Å²) >= 11 is 5.10. The summed E-state index contributed by atoms with van der Waals surface area (Å²) in [5, 5.41) is 0. The van der Waals surface area contributed by atoms with Gasteiger partial charge >= 0.3 is 11.5 Å². The third-order valence-electron chi connectivity index (χ3n) is 2.06. The van der Waals surface area contributed by atoms with Crippen LogP contribution in [0.1, 0.15) is 27.2 Å². The number of nitrogens with zero attached hydrogens (tertiary/aromatic N) is 1. The smallest absolute Gasteiger partial charge is 0.410 e. The Morgan fingerprint density at radius 1 is 1.38 bits per heavy atom. The highest BCUT2D eigenvalue weighted by Gasteiger charge is 2.31. The van der Waals surface area contributed by atoms with Crippen LogP contribution >= 0.6 is 11.6 Å². The first-order valence-electron chi connectivity index (χ1n) is 5.12. The summed E-state index contributed by atoms with van der Waals surface area (Å²) < 4.78 is 9.99. The number of likely N-dealkylation sites (tertiary alicyclic amines) is 1. The Kier molecular flexibility index (Phi) is 4.02. The van der Waals surface area contributed by atoms with E-state index in [9.17, 15) is 9.59 Å². The molecule has 1 fully saturated rings. The first-order chi connectivity index (χ1) is 7.28. The van der Waals surface area contributed by atoms with Crippen molar-refractivity contribution in [3.05, 3.63) is 0 Å². The summed E-state index contributed by atoms with van der Waals surface area (Å²) in [4.78, 5) is 23.6. The molecule has 0 N–H and O–H groups in total. The quantitative estimate of drug-likeness (QED) is 0.670. The molecule has 1 heterocycles. The molecule has 92 valence electrons. The highest BCUT2D eigenvalue weighted by Crippen LogP contribution is 2.17.